The molecule has 2 nitrogen and oxygen atoms in total. The first-order chi connectivity index (χ1) is 7.68. The van der Waals surface area contributed by atoms with E-state index in [1.807, 2.05) is 6.92 Å². The van der Waals surface area contributed by atoms with Gasteiger partial charge in [-0.1, -0.05) is 12.1 Å². The van der Waals surface area contributed by atoms with Crippen LogP contribution in [0.1, 0.15) is 44.7 Å². The summed E-state index contributed by atoms with van der Waals surface area (Å²) in [6, 6.07) is 9.53. The molecule has 0 unspecified atom stereocenters. The van der Waals surface area contributed by atoms with E-state index in [9.17, 15) is 0 Å². The van der Waals surface area contributed by atoms with Crippen LogP contribution in [0.15, 0.2) is 24.3 Å². The Morgan fingerprint density at radius 3 is 2.50 bits per heavy atom. The second-order valence-corrected chi connectivity index (χ2v) is 4.92. The molecule has 0 spiro atoms. The van der Waals surface area contributed by atoms with Gasteiger partial charge in [0.05, 0.1) is 0 Å². The van der Waals surface area contributed by atoms with Gasteiger partial charge in [0.1, 0.15) is 0 Å². The fourth-order valence-corrected chi connectivity index (χ4v) is 2.45. The Bertz CT molecular complexity index is 329. The molecular formula is C14H22N2. The molecule has 0 aromatic heterocycles. The van der Waals surface area contributed by atoms with Gasteiger partial charge in [-0.15, -0.1) is 0 Å². The molecule has 0 bridgehead atoms. The zero-order valence-corrected chi connectivity index (χ0v) is 10.3. The monoisotopic (exact) mass is 218 g/mol. The zero-order chi connectivity index (χ0) is 11.5. The molecular weight excluding hydrogens is 196 g/mol. The van der Waals surface area contributed by atoms with Crippen LogP contribution in [0.2, 0.25) is 0 Å². The van der Waals surface area contributed by atoms with Crippen LogP contribution in [0.4, 0.5) is 5.69 Å². The number of rotatable bonds is 2. The third-order valence-electron chi connectivity index (χ3n) is 3.55. The highest BCUT2D eigenvalue weighted by Crippen LogP contribution is 2.25. The van der Waals surface area contributed by atoms with E-state index in [0.717, 1.165) is 0 Å². The summed E-state index contributed by atoms with van der Waals surface area (Å²) in [4.78, 5) is 2.51. The van der Waals surface area contributed by atoms with E-state index in [1.54, 1.807) is 0 Å². The zero-order valence-electron chi connectivity index (χ0n) is 10.3. The molecule has 2 heteroatoms. The predicted molar refractivity (Wildman–Crippen MR) is 69.7 cm³/mol. The molecule has 1 heterocycles. The molecule has 0 aliphatic carbocycles. The number of piperidine rings is 1. The molecule has 1 saturated heterocycles. The summed E-state index contributed by atoms with van der Waals surface area (Å²) in [5, 5.41) is 0. The normalized spacial score (nSPS) is 23.2. The second-order valence-electron chi connectivity index (χ2n) is 4.92. The molecule has 1 aromatic rings. The highest BCUT2D eigenvalue weighted by atomic mass is 15.2. The van der Waals surface area contributed by atoms with Crippen molar-refractivity contribution in [1.82, 2.24) is 0 Å². The first-order valence-corrected chi connectivity index (χ1v) is 6.30. The van der Waals surface area contributed by atoms with E-state index in [0.29, 0.717) is 6.04 Å². The number of hydrogen-bond donors (Lipinski definition) is 1. The SMILES string of the molecule is C[C@@H]1CCCCN1c1ccc([C@@H](C)N)cc1. The Hall–Kier alpha value is -1.02. The minimum atomic E-state index is 0.132. The van der Waals surface area contributed by atoms with Crippen molar-refractivity contribution in [3.05, 3.63) is 29.8 Å². The Labute approximate surface area is 98.4 Å². The summed E-state index contributed by atoms with van der Waals surface area (Å²) in [6.45, 7) is 5.54. The number of hydrogen-bond acceptors (Lipinski definition) is 2. The van der Waals surface area contributed by atoms with Crippen molar-refractivity contribution < 1.29 is 0 Å². The van der Waals surface area contributed by atoms with Crippen molar-refractivity contribution in [3.8, 4) is 0 Å². The van der Waals surface area contributed by atoms with E-state index >= 15 is 0 Å². The lowest BCUT2D eigenvalue weighted by Crippen LogP contribution is -2.37. The summed E-state index contributed by atoms with van der Waals surface area (Å²) < 4.78 is 0. The van der Waals surface area contributed by atoms with Crippen molar-refractivity contribution in [1.29, 1.82) is 0 Å². The number of nitrogens with zero attached hydrogens (tertiary/aromatic N) is 1. The summed E-state index contributed by atoms with van der Waals surface area (Å²) >= 11 is 0. The summed E-state index contributed by atoms with van der Waals surface area (Å²) in [5.74, 6) is 0. The van der Waals surface area contributed by atoms with Crippen molar-refractivity contribution >= 4 is 5.69 Å². The van der Waals surface area contributed by atoms with Crippen molar-refractivity contribution in [2.24, 2.45) is 5.73 Å². The van der Waals surface area contributed by atoms with Gasteiger partial charge in [0.15, 0.2) is 0 Å². The maximum absolute atomic E-state index is 5.86. The maximum Gasteiger partial charge on any atom is 0.0368 e. The third kappa shape index (κ3) is 2.38. The Balaban J connectivity index is 2.14. The molecule has 1 aliphatic heterocycles. The average Bonchev–Trinajstić information content (AvgIpc) is 2.30. The highest BCUT2D eigenvalue weighted by Gasteiger charge is 2.18. The lowest BCUT2D eigenvalue weighted by Gasteiger charge is -2.35. The van der Waals surface area contributed by atoms with Crippen LogP contribution in [0.3, 0.4) is 0 Å². The molecule has 88 valence electrons. The molecule has 1 aliphatic rings. The molecule has 0 saturated carbocycles. The second kappa shape index (κ2) is 4.88. The van der Waals surface area contributed by atoms with Gasteiger partial charge in [0.2, 0.25) is 0 Å². The lowest BCUT2D eigenvalue weighted by molar-refractivity contribution is 0.485. The van der Waals surface area contributed by atoms with Crippen molar-refractivity contribution in [3.63, 3.8) is 0 Å². The molecule has 0 amide bonds. The Morgan fingerprint density at radius 1 is 1.25 bits per heavy atom. The van der Waals surface area contributed by atoms with Gasteiger partial charge in [-0.25, -0.2) is 0 Å². The summed E-state index contributed by atoms with van der Waals surface area (Å²) in [7, 11) is 0. The summed E-state index contributed by atoms with van der Waals surface area (Å²) in [5.41, 5.74) is 8.42. The van der Waals surface area contributed by atoms with Gasteiger partial charge in [0, 0.05) is 24.3 Å². The lowest BCUT2D eigenvalue weighted by atomic mass is 10.0. The van der Waals surface area contributed by atoms with Crippen LogP contribution >= 0.6 is 0 Å². The van der Waals surface area contributed by atoms with Crippen molar-refractivity contribution in [2.45, 2.75) is 45.2 Å². The van der Waals surface area contributed by atoms with Gasteiger partial charge in [-0.2, -0.15) is 0 Å². The largest absolute Gasteiger partial charge is 0.369 e. The number of anilines is 1. The van der Waals surface area contributed by atoms with Crippen LogP contribution in [0.25, 0.3) is 0 Å². The van der Waals surface area contributed by atoms with Crippen LogP contribution in [0.5, 0.6) is 0 Å². The quantitative estimate of drug-likeness (QED) is 0.826. The number of benzene rings is 1. The smallest absolute Gasteiger partial charge is 0.0368 e. The van der Waals surface area contributed by atoms with Gasteiger partial charge in [-0.3, -0.25) is 0 Å². The van der Waals surface area contributed by atoms with Crippen LogP contribution in [-0.2, 0) is 0 Å². The molecule has 2 N–H and O–H groups in total. The highest BCUT2D eigenvalue weighted by molar-refractivity contribution is 5.49. The van der Waals surface area contributed by atoms with Crippen LogP contribution < -0.4 is 10.6 Å². The molecule has 1 fully saturated rings. The fourth-order valence-electron chi connectivity index (χ4n) is 2.45. The molecule has 2 atom stereocenters. The molecule has 16 heavy (non-hydrogen) atoms. The number of nitrogens with two attached hydrogens (primary N) is 1. The first kappa shape index (κ1) is 11.5. The minimum Gasteiger partial charge on any atom is -0.369 e. The fraction of sp³-hybridized carbons (Fsp3) is 0.571. The van der Waals surface area contributed by atoms with E-state index in [2.05, 4.69) is 36.1 Å². The topological polar surface area (TPSA) is 29.3 Å². The molecule has 1 aromatic carbocycles. The third-order valence-corrected chi connectivity index (χ3v) is 3.55. The van der Waals surface area contributed by atoms with Gasteiger partial charge >= 0.3 is 0 Å². The van der Waals surface area contributed by atoms with Crippen molar-refractivity contribution in [2.75, 3.05) is 11.4 Å². The van der Waals surface area contributed by atoms with Gasteiger partial charge in [-0.05, 0) is 50.8 Å². The van der Waals surface area contributed by atoms with Crippen LogP contribution in [-0.4, -0.2) is 12.6 Å². The first-order valence-electron chi connectivity index (χ1n) is 6.30. The average molecular weight is 218 g/mol. The van der Waals surface area contributed by atoms with E-state index in [1.165, 1.54) is 37.1 Å². The Kier molecular flexibility index (Phi) is 3.49. The molecule has 0 radical (unpaired) electrons. The maximum atomic E-state index is 5.86. The van der Waals surface area contributed by atoms with Gasteiger partial charge < -0.3 is 10.6 Å². The van der Waals surface area contributed by atoms with Crippen LogP contribution in [0, 0.1) is 0 Å². The summed E-state index contributed by atoms with van der Waals surface area (Å²) in [6.07, 6.45) is 4.00. The van der Waals surface area contributed by atoms with Gasteiger partial charge in [0.25, 0.3) is 0 Å². The van der Waals surface area contributed by atoms with E-state index < -0.39 is 0 Å². The van der Waals surface area contributed by atoms with E-state index in [-0.39, 0.29) is 6.04 Å². The Morgan fingerprint density at radius 2 is 1.94 bits per heavy atom. The van der Waals surface area contributed by atoms with E-state index in [4.69, 9.17) is 5.73 Å². The molecule has 2 rings (SSSR count). The predicted octanol–water partition coefficient (Wildman–Crippen LogP) is 3.09. The minimum absolute atomic E-state index is 0.132. The standard InChI is InChI=1S/C14H22N2/c1-11-5-3-4-10-16(11)14-8-6-13(7-9-14)12(2)15/h6-9,11-12H,3-5,10,15H2,1-2H3/t11-,12-/m1/s1.